The fraction of sp³-hybridized carbons (Fsp3) is 0.200. The van der Waals surface area contributed by atoms with Crippen molar-refractivity contribution in [3.63, 3.8) is 0 Å². The lowest BCUT2D eigenvalue weighted by atomic mass is 10.2. The minimum atomic E-state index is -0.0715. The van der Waals surface area contributed by atoms with Gasteiger partial charge in [-0.3, -0.25) is 4.79 Å². The van der Waals surface area contributed by atoms with Crippen molar-refractivity contribution in [3.05, 3.63) is 58.3 Å². The lowest BCUT2D eigenvalue weighted by Gasteiger charge is -2.19. The number of amides is 1. The Hall–Kier alpha value is -1.88. The molecule has 1 aliphatic heterocycles. The van der Waals surface area contributed by atoms with Gasteiger partial charge in [0.1, 0.15) is 18.1 Å². The molecule has 0 saturated heterocycles. The zero-order chi connectivity index (χ0) is 13.9. The molecule has 0 atom stereocenters. The number of carbonyl (C=O) groups is 1. The smallest absolute Gasteiger partial charge is 0.272 e. The van der Waals surface area contributed by atoms with Crippen molar-refractivity contribution in [2.75, 3.05) is 13.2 Å². The molecule has 0 unspecified atom stereocenters. The van der Waals surface area contributed by atoms with Gasteiger partial charge in [-0.2, -0.15) is 0 Å². The third-order valence-corrected chi connectivity index (χ3v) is 3.66. The number of ether oxygens (including phenoxy) is 1. The molecule has 5 heteroatoms. The Bertz CT molecular complexity index is 628. The molecule has 0 radical (unpaired) electrons. The largest absolute Gasteiger partial charge is 0.491 e. The number of benzene rings is 1. The van der Waals surface area contributed by atoms with Crippen molar-refractivity contribution in [1.29, 1.82) is 0 Å². The van der Waals surface area contributed by atoms with Gasteiger partial charge in [-0.25, -0.2) is 4.98 Å². The van der Waals surface area contributed by atoms with Crippen LogP contribution in [0, 0.1) is 0 Å². The van der Waals surface area contributed by atoms with Crippen LogP contribution in [0.15, 0.2) is 47.1 Å². The summed E-state index contributed by atoms with van der Waals surface area (Å²) < 4.78 is 6.52. The maximum absolute atomic E-state index is 12.5. The van der Waals surface area contributed by atoms with Crippen LogP contribution in [0.5, 0.6) is 5.75 Å². The summed E-state index contributed by atoms with van der Waals surface area (Å²) in [7, 11) is 0. The van der Waals surface area contributed by atoms with Crippen molar-refractivity contribution in [2.45, 2.75) is 6.54 Å². The van der Waals surface area contributed by atoms with E-state index in [1.807, 2.05) is 30.3 Å². The fourth-order valence-corrected chi connectivity index (χ4v) is 2.40. The first kappa shape index (κ1) is 13.1. The molecule has 20 heavy (non-hydrogen) atoms. The Morgan fingerprint density at radius 1 is 1.25 bits per heavy atom. The van der Waals surface area contributed by atoms with E-state index in [-0.39, 0.29) is 5.91 Å². The second-order valence-corrected chi connectivity index (χ2v) is 5.46. The Labute approximate surface area is 125 Å². The molecule has 1 aromatic heterocycles. The Kier molecular flexibility index (Phi) is 3.69. The molecule has 0 saturated carbocycles. The number of nitrogens with zero attached hydrogens (tertiary/aromatic N) is 2. The molecule has 1 amide bonds. The Balaban J connectivity index is 1.84. The van der Waals surface area contributed by atoms with Crippen LogP contribution in [0.25, 0.3) is 0 Å². The van der Waals surface area contributed by atoms with E-state index in [1.165, 1.54) is 0 Å². The number of hydrogen-bond donors (Lipinski definition) is 0. The van der Waals surface area contributed by atoms with Crippen LogP contribution in [0.2, 0.25) is 0 Å². The van der Waals surface area contributed by atoms with Gasteiger partial charge in [0.2, 0.25) is 0 Å². The number of fused-ring (bicyclic) bond motifs is 1. The van der Waals surface area contributed by atoms with Gasteiger partial charge in [0, 0.05) is 22.8 Å². The molecule has 1 aromatic carbocycles. The predicted molar refractivity (Wildman–Crippen MR) is 78.6 cm³/mol. The number of halogens is 1. The van der Waals surface area contributed by atoms with Gasteiger partial charge in [0.15, 0.2) is 0 Å². The molecular formula is C15H13BrN2O2. The third kappa shape index (κ3) is 2.67. The average Bonchev–Trinajstić information content (AvgIpc) is 2.69. The van der Waals surface area contributed by atoms with Crippen molar-refractivity contribution < 1.29 is 9.53 Å². The topological polar surface area (TPSA) is 42.4 Å². The van der Waals surface area contributed by atoms with Gasteiger partial charge in [-0.1, -0.05) is 18.2 Å². The van der Waals surface area contributed by atoms with Crippen LogP contribution in [0.4, 0.5) is 0 Å². The molecule has 0 fully saturated rings. The van der Waals surface area contributed by atoms with E-state index in [0.717, 1.165) is 15.8 Å². The molecule has 0 aliphatic carbocycles. The molecule has 1 aliphatic rings. The van der Waals surface area contributed by atoms with E-state index >= 15 is 0 Å². The minimum absolute atomic E-state index is 0.0715. The van der Waals surface area contributed by atoms with Gasteiger partial charge < -0.3 is 9.64 Å². The number of carbonyl (C=O) groups excluding carboxylic acids is 1. The molecule has 4 nitrogen and oxygen atoms in total. The molecule has 0 bridgehead atoms. The van der Waals surface area contributed by atoms with E-state index < -0.39 is 0 Å². The lowest BCUT2D eigenvalue weighted by Crippen LogP contribution is -2.33. The van der Waals surface area contributed by atoms with Crippen molar-refractivity contribution in [1.82, 2.24) is 9.88 Å². The van der Waals surface area contributed by atoms with E-state index in [9.17, 15) is 4.79 Å². The average molecular weight is 333 g/mol. The summed E-state index contributed by atoms with van der Waals surface area (Å²) in [4.78, 5) is 18.4. The maximum atomic E-state index is 12.5. The summed E-state index contributed by atoms with van der Waals surface area (Å²) in [5.41, 5.74) is 1.48. The van der Waals surface area contributed by atoms with Crippen molar-refractivity contribution in [2.24, 2.45) is 0 Å². The van der Waals surface area contributed by atoms with Gasteiger partial charge in [0.05, 0.1) is 6.54 Å². The summed E-state index contributed by atoms with van der Waals surface area (Å²) in [6, 6.07) is 11.4. The van der Waals surface area contributed by atoms with Crippen molar-refractivity contribution >= 4 is 21.8 Å². The first-order valence-corrected chi connectivity index (χ1v) is 7.15. The van der Waals surface area contributed by atoms with E-state index in [2.05, 4.69) is 20.9 Å². The molecule has 2 heterocycles. The third-order valence-electron chi connectivity index (χ3n) is 3.19. The SMILES string of the molecule is O=C(c1ccc(Br)cn1)N1CCOc2ccccc2C1. The number of para-hydroxylation sites is 1. The van der Waals surface area contributed by atoms with E-state index in [1.54, 1.807) is 17.2 Å². The number of aromatic nitrogens is 1. The van der Waals surface area contributed by atoms with E-state index in [0.29, 0.717) is 25.4 Å². The van der Waals surface area contributed by atoms with Gasteiger partial charge in [-0.05, 0) is 34.1 Å². The first-order valence-electron chi connectivity index (χ1n) is 6.35. The van der Waals surface area contributed by atoms with Gasteiger partial charge in [-0.15, -0.1) is 0 Å². The van der Waals surface area contributed by atoms with Crippen LogP contribution in [0.3, 0.4) is 0 Å². The van der Waals surface area contributed by atoms with Crippen LogP contribution in [-0.2, 0) is 6.54 Å². The quantitative estimate of drug-likeness (QED) is 0.806. The summed E-state index contributed by atoms with van der Waals surface area (Å²) in [5, 5.41) is 0. The highest BCUT2D eigenvalue weighted by Crippen LogP contribution is 2.23. The lowest BCUT2D eigenvalue weighted by molar-refractivity contribution is 0.0727. The molecule has 0 spiro atoms. The van der Waals surface area contributed by atoms with Crippen molar-refractivity contribution in [3.8, 4) is 5.75 Å². The second-order valence-electron chi connectivity index (χ2n) is 4.54. The minimum Gasteiger partial charge on any atom is -0.491 e. The summed E-state index contributed by atoms with van der Waals surface area (Å²) in [5.74, 6) is 0.782. The molecule has 2 aromatic rings. The fourth-order valence-electron chi connectivity index (χ4n) is 2.16. The number of hydrogen-bond acceptors (Lipinski definition) is 3. The summed E-state index contributed by atoms with van der Waals surface area (Å²) in [6.07, 6.45) is 1.63. The van der Waals surface area contributed by atoms with Crippen LogP contribution < -0.4 is 4.74 Å². The highest BCUT2D eigenvalue weighted by atomic mass is 79.9. The van der Waals surface area contributed by atoms with Crippen LogP contribution in [0.1, 0.15) is 16.1 Å². The summed E-state index contributed by atoms with van der Waals surface area (Å²) in [6.45, 7) is 1.61. The molecule has 3 rings (SSSR count). The maximum Gasteiger partial charge on any atom is 0.272 e. The van der Waals surface area contributed by atoms with E-state index in [4.69, 9.17) is 4.74 Å². The monoisotopic (exact) mass is 332 g/mol. The standard InChI is InChI=1S/C15H13BrN2O2/c16-12-5-6-13(17-9-12)15(19)18-7-8-20-14-4-2-1-3-11(14)10-18/h1-6,9H,7-8,10H2. The highest BCUT2D eigenvalue weighted by molar-refractivity contribution is 9.10. The predicted octanol–water partition coefficient (Wildman–Crippen LogP) is 2.88. The van der Waals surface area contributed by atoms with Crippen LogP contribution in [-0.4, -0.2) is 28.9 Å². The van der Waals surface area contributed by atoms with Gasteiger partial charge >= 0.3 is 0 Å². The molecule has 102 valence electrons. The summed E-state index contributed by atoms with van der Waals surface area (Å²) >= 11 is 3.32. The van der Waals surface area contributed by atoms with Crippen LogP contribution >= 0.6 is 15.9 Å². The second kappa shape index (κ2) is 5.63. The first-order chi connectivity index (χ1) is 9.74. The van der Waals surface area contributed by atoms with Gasteiger partial charge in [0.25, 0.3) is 5.91 Å². The zero-order valence-corrected chi connectivity index (χ0v) is 12.3. The zero-order valence-electron chi connectivity index (χ0n) is 10.8. The Morgan fingerprint density at radius 2 is 2.10 bits per heavy atom. The number of rotatable bonds is 1. The molecule has 0 N–H and O–H groups in total. The normalized spacial score (nSPS) is 14.2. The Morgan fingerprint density at radius 3 is 2.90 bits per heavy atom. The number of pyridine rings is 1. The molecular weight excluding hydrogens is 320 g/mol. The highest BCUT2D eigenvalue weighted by Gasteiger charge is 2.21.